The molecule has 0 bridgehead atoms. The number of aromatic amines is 1. The Morgan fingerprint density at radius 2 is 2.36 bits per heavy atom. The van der Waals surface area contributed by atoms with Gasteiger partial charge in [-0.05, 0) is 12.8 Å². The molecule has 1 aromatic heterocycles. The third-order valence-electron chi connectivity index (χ3n) is 2.05. The number of nitrogens with zero attached hydrogens (tertiary/aromatic N) is 1. The summed E-state index contributed by atoms with van der Waals surface area (Å²) < 4.78 is 1.52. The second-order valence-corrected chi connectivity index (χ2v) is 2.86. The Morgan fingerprint density at radius 3 is 3.09 bits per heavy atom. The summed E-state index contributed by atoms with van der Waals surface area (Å²) in [7, 11) is 1.74. The van der Waals surface area contributed by atoms with Crippen molar-refractivity contribution in [1.82, 2.24) is 9.78 Å². The SMILES string of the molecule is Cn1[nH]c2c(c1=O)CCCN2. The summed E-state index contributed by atoms with van der Waals surface area (Å²) >= 11 is 0. The number of nitrogens with one attached hydrogen (secondary N) is 2. The van der Waals surface area contributed by atoms with E-state index >= 15 is 0 Å². The predicted molar refractivity (Wildman–Crippen MR) is 42.8 cm³/mol. The molecule has 0 aromatic carbocycles. The third kappa shape index (κ3) is 0.859. The summed E-state index contributed by atoms with van der Waals surface area (Å²) in [5.41, 5.74) is 1.01. The molecular weight excluding hydrogens is 142 g/mol. The maximum Gasteiger partial charge on any atom is 0.271 e. The standard InChI is InChI=1S/C7H11N3O/c1-10-7(11)5-3-2-4-8-6(5)9-10/h8-9H,2-4H2,1H3. The Labute approximate surface area is 64.2 Å². The van der Waals surface area contributed by atoms with Gasteiger partial charge in [0.1, 0.15) is 5.82 Å². The first-order valence-corrected chi connectivity index (χ1v) is 3.81. The number of rotatable bonds is 0. The van der Waals surface area contributed by atoms with Gasteiger partial charge in [-0.3, -0.25) is 14.6 Å². The van der Waals surface area contributed by atoms with E-state index in [1.165, 1.54) is 4.68 Å². The highest BCUT2D eigenvalue weighted by atomic mass is 16.1. The molecule has 1 aromatic rings. The summed E-state index contributed by atoms with van der Waals surface area (Å²) in [4.78, 5) is 11.3. The molecule has 2 rings (SSSR count). The molecule has 0 saturated heterocycles. The van der Waals surface area contributed by atoms with Gasteiger partial charge in [0.15, 0.2) is 0 Å². The first-order valence-electron chi connectivity index (χ1n) is 3.81. The van der Waals surface area contributed by atoms with Crippen molar-refractivity contribution in [3.8, 4) is 0 Å². The van der Waals surface area contributed by atoms with E-state index in [0.29, 0.717) is 0 Å². The molecule has 4 nitrogen and oxygen atoms in total. The molecule has 0 atom stereocenters. The molecule has 0 fully saturated rings. The highest BCUT2D eigenvalue weighted by molar-refractivity contribution is 5.44. The summed E-state index contributed by atoms with van der Waals surface area (Å²) in [5, 5.41) is 6.11. The first kappa shape index (κ1) is 6.52. The molecule has 0 spiro atoms. The lowest BCUT2D eigenvalue weighted by atomic mass is 10.1. The second kappa shape index (κ2) is 2.15. The topological polar surface area (TPSA) is 49.8 Å². The number of hydrogen-bond donors (Lipinski definition) is 2. The van der Waals surface area contributed by atoms with Gasteiger partial charge in [0, 0.05) is 13.6 Å². The van der Waals surface area contributed by atoms with Crippen molar-refractivity contribution in [2.75, 3.05) is 11.9 Å². The van der Waals surface area contributed by atoms with Crippen molar-refractivity contribution in [3.05, 3.63) is 15.9 Å². The highest BCUT2D eigenvalue weighted by Crippen LogP contribution is 2.14. The summed E-state index contributed by atoms with van der Waals surface area (Å²) in [5.74, 6) is 0.906. The van der Waals surface area contributed by atoms with Crippen LogP contribution in [0, 0.1) is 0 Å². The van der Waals surface area contributed by atoms with Crippen molar-refractivity contribution in [3.63, 3.8) is 0 Å². The van der Waals surface area contributed by atoms with Crippen molar-refractivity contribution < 1.29 is 0 Å². The van der Waals surface area contributed by atoms with E-state index in [-0.39, 0.29) is 5.56 Å². The maximum absolute atomic E-state index is 11.3. The first-order chi connectivity index (χ1) is 5.29. The average Bonchev–Trinajstić information content (AvgIpc) is 2.30. The van der Waals surface area contributed by atoms with Crippen LogP contribution in [0.15, 0.2) is 4.79 Å². The van der Waals surface area contributed by atoms with Crippen LogP contribution in [0.5, 0.6) is 0 Å². The Morgan fingerprint density at radius 1 is 1.55 bits per heavy atom. The number of hydrogen-bond acceptors (Lipinski definition) is 2. The Balaban J connectivity index is 2.59. The van der Waals surface area contributed by atoms with Gasteiger partial charge in [-0.1, -0.05) is 0 Å². The minimum atomic E-state index is 0.104. The van der Waals surface area contributed by atoms with E-state index in [1.54, 1.807) is 7.05 Å². The van der Waals surface area contributed by atoms with Gasteiger partial charge in [-0.25, -0.2) is 0 Å². The number of fused-ring (bicyclic) bond motifs is 1. The lowest BCUT2D eigenvalue weighted by molar-refractivity contribution is 0.741. The van der Waals surface area contributed by atoms with Crippen LogP contribution in [0.1, 0.15) is 12.0 Å². The quantitative estimate of drug-likeness (QED) is 0.554. The molecule has 0 aliphatic carbocycles. The van der Waals surface area contributed by atoms with Crippen LogP contribution in [0.4, 0.5) is 5.82 Å². The number of anilines is 1. The van der Waals surface area contributed by atoms with Gasteiger partial charge in [-0.15, -0.1) is 0 Å². The fourth-order valence-electron chi connectivity index (χ4n) is 1.45. The lowest BCUT2D eigenvalue weighted by Gasteiger charge is -2.10. The van der Waals surface area contributed by atoms with E-state index in [2.05, 4.69) is 10.4 Å². The average molecular weight is 153 g/mol. The van der Waals surface area contributed by atoms with Gasteiger partial charge < -0.3 is 5.32 Å². The van der Waals surface area contributed by atoms with E-state index in [1.807, 2.05) is 0 Å². The fourth-order valence-corrected chi connectivity index (χ4v) is 1.45. The molecule has 0 unspecified atom stereocenters. The smallest absolute Gasteiger partial charge is 0.271 e. The fraction of sp³-hybridized carbons (Fsp3) is 0.571. The van der Waals surface area contributed by atoms with Crippen LogP contribution in [0.2, 0.25) is 0 Å². The summed E-state index contributed by atoms with van der Waals surface area (Å²) in [6.45, 7) is 0.965. The minimum absolute atomic E-state index is 0.104. The van der Waals surface area contributed by atoms with Crippen LogP contribution < -0.4 is 10.9 Å². The van der Waals surface area contributed by atoms with Gasteiger partial charge >= 0.3 is 0 Å². The van der Waals surface area contributed by atoms with Crippen molar-refractivity contribution in [2.24, 2.45) is 7.05 Å². The van der Waals surface area contributed by atoms with Crippen LogP contribution in [0.25, 0.3) is 0 Å². The molecule has 60 valence electrons. The molecule has 2 heterocycles. The molecule has 0 amide bonds. The number of aromatic nitrogens is 2. The zero-order valence-electron chi connectivity index (χ0n) is 6.48. The Bertz CT molecular complexity index is 323. The largest absolute Gasteiger partial charge is 0.370 e. The van der Waals surface area contributed by atoms with Gasteiger partial charge in [-0.2, -0.15) is 0 Å². The molecule has 2 N–H and O–H groups in total. The van der Waals surface area contributed by atoms with Crippen LogP contribution in [-0.2, 0) is 13.5 Å². The zero-order chi connectivity index (χ0) is 7.84. The van der Waals surface area contributed by atoms with Gasteiger partial charge in [0.05, 0.1) is 5.56 Å². The normalized spacial score (nSPS) is 15.7. The van der Waals surface area contributed by atoms with E-state index in [9.17, 15) is 4.79 Å². The molecule has 0 saturated carbocycles. The van der Waals surface area contributed by atoms with Crippen molar-refractivity contribution in [1.29, 1.82) is 0 Å². The van der Waals surface area contributed by atoms with Crippen LogP contribution in [-0.4, -0.2) is 16.3 Å². The molecule has 11 heavy (non-hydrogen) atoms. The molecule has 1 aliphatic heterocycles. The van der Waals surface area contributed by atoms with Crippen LogP contribution in [0.3, 0.4) is 0 Å². The van der Waals surface area contributed by atoms with E-state index < -0.39 is 0 Å². The molecular formula is C7H11N3O. The molecule has 0 radical (unpaired) electrons. The summed E-state index contributed by atoms with van der Waals surface area (Å²) in [6.07, 6.45) is 1.96. The second-order valence-electron chi connectivity index (χ2n) is 2.86. The molecule has 4 heteroatoms. The van der Waals surface area contributed by atoms with Crippen molar-refractivity contribution >= 4 is 5.82 Å². The Hall–Kier alpha value is -1.19. The molecule has 1 aliphatic rings. The summed E-state index contributed by atoms with van der Waals surface area (Å²) in [6, 6.07) is 0. The Kier molecular flexibility index (Phi) is 1.27. The maximum atomic E-state index is 11.3. The van der Waals surface area contributed by atoms with E-state index in [0.717, 1.165) is 30.8 Å². The minimum Gasteiger partial charge on any atom is -0.370 e. The zero-order valence-corrected chi connectivity index (χ0v) is 6.48. The lowest BCUT2D eigenvalue weighted by Crippen LogP contribution is -2.18. The number of aryl methyl sites for hydroxylation is 1. The van der Waals surface area contributed by atoms with Gasteiger partial charge in [0.25, 0.3) is 5.56 Å². The van der Waals surface area contributed by atoms with E-state index in [4.69, 9.17) is 0 Å². The third-order valence-corrected chi connectivity index (χ3v) is 2.05. The van der Waals surface area contributed by atoms with Crippen LogP contribution >= 0.6 is 0 Å². The predicted octanol–water partition coefficient (Wildman–Crippen LogP) is 0.0715. The van der Waals surface area contributed by atoms with Crippen molar-refractivity contribution in [2.45, 2.75) is 12.8 Å². The monoisotopic (exact) mass is 153 g/mol. The number of H-pyrrole nitrogens is 1. The van der Waals surface area contributed by atoms with Gasteiger partial charge in [0.2, 0.25) is 0 Å². The highest BCUT2D eigenvalue weighted by Gasteiger charge is 2.14.